The van der Waals surface area contributed by atoms with E-state index in [1.165, 1.54) is 11.3 Å². The third kappa shape index (κ3) is 4.16. The summed E-state index contributed by atoms with van der Waals surface area (Å²) < 4.78 is 1.88. The molecule has 0 N–H and O–H groups in total. The molecular formula is C22H18ClN3OS. The van der Waals surface area contributed by atoms with Crippen molar-refractivity contribution < 1.29 is 4.79 Å². The summed E-state index contributed by atoms with van der Waals surface area (Å²) in [6, 6.07) is 20.0. The van der Waals surface area contributed by atoms with Gasteiger partial charge in [0.2, 0.25) is 5.91 Å². The Kier molecular flexibility index (Phi) is 5.55. The maximum Gasteiger partial charge on any atom is 0.247 e. The Labute approximate surface area is 172 Å². The molecular weight excluding hydrogens is 390 g/mol. The Morgan fingerprint density at radius 3 is 2.25 bits per heavy atom. The molecule has 28 heavy (non-hydrogen) atoms. The first-order valence-corrected chi connectivity index (χ1v) is 10.1. The second kappa shape index (κ2) is 8.42. The van der Waals surface area contributed by atoms with E-state index in [2.05, 4.69) is 4.98 Å². The number of hydrogen-bond acceptors (Lipinski definition) is 3. The number of carbonyl (C=O) groups is 1. The molecule has 0 bridgehead atoms. The Morgan fingerprint density at radius 2 is 1.64 bits per heavy atom. The van der Waals surface area contributed by atoms with Crippen LogP contribution >= 0.6 is 22.9 Å². The lowest BCUT2D eigenvalue weighted by molar-refractivity contribution is -0.127. The number of benzene rings is 2. The second-order valence-electron chi connectivity index (χ2n) is 6.34. The number of amides is 1. The summed E-state index contributed by atoms with van der Waals surface area (Å²) in [5.74, 6) is -0.0750. The quantitative estimate of drug-likeness (QED) is 0.407. The van der Waals surface area contributed by atoms with Crippen LogP contribution in [0.4, 0.5) is 0 Å². The van der Waals surface area contributed by atoms with E-state index in [9.17, 15) is 4.79 Å². The molecule has 0 saturated carbocycles. The summed E-state index contributed by atoms with van der Waals surface area (Å²) in [5.41, 5.74) is 2.89. The molecule has 0 aliphatic carbocycles. The Bertz CT molecular complexity index is 1060. The molecule has 0 saturated heterocycles. The molecule has 0 fully saturated rings. The summed E-state index contributed by atoms with van der Waals surface area (Å²) in [6.45, 7) is 1.07. The van der Waals surface area contributed by atoms with Crippen LogP contribution in [-0.4, -0.2) is 20.2 Å². The van der Waals surface area contributed by atoms with Crippen molar-refractivity contribution in [1.29, 1.82) is 0 Å². The summed E-state index contributed by atoms with van der Waals surface area (Å²) in [4.78, 5) is 19.9. The lowest BCUT2D eigenvalue weighted by atomic mass is 10.1. The van der Waals surface area contributed by atoms with Crippen molar-refractivity contribution in [2.45, 2.75) is 13.1 Å². The number of rotatable bonds is 6. The number of nitrogens with zero attached hydrogens (tertiary/aromatic N) is 3. The van der Waals surface area contributed by atoms with Crippen LogP contribution in [0, 0.1) is 0 Å². The lowest BCUT2D eigenvalue weighted by Gasteiger charge is -2.21. The average molecular weight is 408 g/mol. The number of imidazole rings is 1. The molecule has 140 valence electrons. The third-order valence-electron chi connectivity index (χ3n) is 4.38. The maximum atomic E-state index is 13.0. The molecule has 0 unspecified atom stereocenters. The second-order valence-corrected chi connectivity index (χ2v) is 7.57. The first-order valence-electron chi connectivity index (χ1n) is 8.86. The topological polar surface area (TPSA) is 37.6 Å². The van der Waals surface area contributed by atoms with Crippen molar-refractivity contribution >= 4 is 39.9 Å². The third-order valence-corrected chi connectivity index (χ3v) is 5.42. The first-order chi connectivity index (χ1) is 13.7. The van der Waals surface area contributed by atoms with Gasteiger partial charge >= 0.3 is 0 Å². The highest BCUT2D eigenvalue weighted by Crippen LogP contribution is 2.22. The van der Waals surface area contributed by atoms with E-state index >= 15 is 0 Å². The van der Waals surface area contributed by atoms with Crippen molar-refractivity contribution in [1.82, 2.24) is 14.3 Å². The van der Waals surface area contributed by atoms with Crippen LogP contribution in [0.1, 0.15) is 16.8 Å². The van der Waals surface area contributed by atoms with Gasteiger partial charge in [-0.25, -0.2) is 4.98 Å². The highest BCUT2D eigenvalue weighted by Gasteiger charge is 2.14. The van der Waals surface area contributed by atoms with Gasteiger partial charge < -0.3 is 4.90 Å². The summed E-state index contributed by atoms with van der Waals surface area (Å²) in [7, 11) is 0. The van der Waals surface area contributed by atoms with Gasteiger partial charge in [-0.15, -0.1) is 11.3 Å². The van der Waals surface area contributed by atoms with Gasteiger partial charge in [0, 0.05) is 30.7 Å². The van der Waals surface area contributed by atoms with E-state index in [-0.39, 0.29) is 5.91 Å². The van der Waals surface area contributed by atoms with Gasteiger partial charge in [0.05, 0.1) is 5.69 Å². The van der Waals surface area contributed by atoms with Gasteiger partial charge in [-0.3, -0.25) is 9.20 Å². The van der Waals surface area contributed by atoms with E-state index in [0.717, 1.165) is 16.1 Å². The van der Waals surface area contributed by atoms with Gasteiger partial charge in [0.1, 0.15) is 0 Å². The Morgan fingerprint density at radius 1 is 1.04 bits per heavy atom. The normalized spacial score (nSPS) is 11.3. The monoisotopic (exact) mass is 407 g/mol. The molecule has 0 radical (unpaired) electrons. The fraction of sp³-hybridized carbons (Fsp3) is 0.0909. The molecule has 6 heteroatoms. The fourth-order valence-electron chi connectivity index (χ4n) is 3.00. The number of hydrogen-bond donors (Lipinski definition) is 0. The van der Waals surface area contributed by atoms with Crippen molar-refractivity contribution in [3.05, 3.63) is 100 Å². The fourth-order valence-corrected chi connectivity index (χ4v) is 4.01. The number of carbonyl (C=O) groups excluding carboxylic acids is 1. The van der Waals surface area contributed by atoms with Crippen LogP contribution in [0.15, 0.2) is 78.3 Å². The molecule has 2 aromatic carbocycles. The average Bonchev–Trinajstić information content (AvgIpc) is 3.28. The van der Waals surface area contributed by atoms with Gasteiger partial charge in [-0.1, -0.05) is 72.3 Å². The zero-order valence-corrected chi connectivity index (χ0v) is 16.6. The van der Waals surface area contributed by atoms with Crippen LogP contribution in [0.5, 0.6) is 0 Å². The Hall–Kier alpha value is -2.89. The van der Waals surface area contributed by atoms with Crippen LogP contribution in [0.25, 0.3) is 11.0 Å². The molecule has 0 atom stereocenters. The van der Waals surface area contributed by atoms with Crippen molar-refractivity contribution in [3.8, 4) is 0 Å². The van der Waals surface area contributed by atoms with E-state index in [1.807, 2.05) is 81.5 Å². The molecule has 2 heterocycles. The predicted molar refractivity (Wildman–Crippen MR) is 114 cm³/mol. The predicted octanol–water partition coefficient (Wildman–Crippen LogP) is 5.29. The van der Waals surface area contributed by atoms with Gasteiger partial charge in [-0.05, 0) is 17.2 Å². The van der Waals surface area contributed by atoms with Crippen molar-refractivity contribution in [2.75, 3.05) is 0 Å². The van der Waals surface area contributed by atoms with Crippen LogP contribution in [-0.2, 0) is 17.9 Å². The largest absolute Gasteiger partial charge is 0.331 e. The van der Waals surface area contributed by atoms with E-state index in [0.29, 0.717) is 23.9 Å². The number of fused-ring (bicyclic) bond motifs is 1. The van der Waals surface area contributed by atoms with Gasteiger partial charge in [0.25, 0.3) is 0 Å². The zero-order chi connectivity index (χ0) is 19.3. The van der Waals surface area contributed by atoms with E-state index in [1.54, 1.807) is 12.2 Å². The van der Waals surface area contributed by atoms with Gasteiger partial charge in [-0.2, -0.15) is 0 Å². The molecule has 4 nitrogen and oxygen atoms in total. The molecule has 2 aromatic heterocycles. The summed E-state index contributed by atoms with van der Waals surface area (Å²) in [6.07, 6.45) is 5.20. The van der Waals surface area contributed by atoms with Gasteiger partial charge in [0.15, 0.2) is 10.1 Å². The Balaban J connectivity index is 1.58. The standard InChI is InChI=1S/C22H18ClN3OS/c23-21-19(26-13-14-28-22(26)24-21)11-12-20(27)25(15-17-7-3-1-4-8-17)16-18-9-5-2-6-10-18/h1-14H,15-16H2/b12-11+. The molecule has 0 aliphatic rings. The number of halogens is 1. The minimum atomic E-state index is -0.0750. The highest BCUT2D eigenvalue weighted by molar-refractivity contribution is 7.15. The summed E-state index contributed by atoms with van der Waals surface area (Å²) in [5, 5.41) is 2.34. The van der Waals surface area contributed by atoms with Crippen molar-refractivity contribution in [2.24, 2.45) is 0 Å². The molecule has 0 spiro atoms. The highest BCUT2D eigenvalue weighted by atomic mass is 35.5. The smallest absolute Gasteiger partial charge is 0.247 e. The number of thiazole rings is 1. The van der Waals surface area contributed by atoms with E-state index < -0.39 is 0 Å². The van der Waals surface area contributed by atoms with Crippen LogP contribution in [0.3, 0.4) is 0 Å². The molecule has 0 aliphatic heterocycles. The molecule has 4 rings (SSSR count). The van der Waals surface area contributed by atoms with Crippen LogP contribution < -0.4 is 0 Å². The van der Waals surface area contributed by atoms with E-state index in [4.69, 9.17) is 11.6 Å². The molecule has 4 aromatic rings. The van der Waals surface area contributed by atoms with Crippen molar-refractivity contribution in [3.63, 3.8) is 0 Å². The van der Waals surface area contributed by atoms with Crippen LogP contribution in [0.2, 0.25) is 5.15 Å². The zero-order valence-electron chi connectivity index (χ0n) is 15.0. The SMILES string of the molecule is O=C(/C=C/c1c(Cl)nc2sccn12)N(Cc1ccccc1)Cc1ccccc1. The minimum absolute atomic E-state index is 0.0750. The molecule has 1 amide bonds. The lowest BCUT2D eigenvalue weighted by Crippen LogP contribution is -2.28. The number of aromatic nitrogens is 2. The maximum absolute atomic E-state index is 13.0. The summed E-state index contributed by atoms with van der Waals surface area (Å²) >= 11 is 7.73. The first kappa shape index (κ1) is 18.5. The minimum Gasteiger partial charge on any atom is -0.331 e.